The number of hydrogen-bond donors (Lipinski definition) is 1. The molecule has 2 rings (SSSR count). The van der Waals surface area contributed by atoms with Crippen molar-refractivity contribution in [1.29, 1.82) is 0 Å². The second-order valence-corrected chi connectivity index (χ2v) is 5.89. The molecule has 1 aliphatic rings. The average molecular weight is 283 g/mol. The van der Waals surface area contributed by atoms with Gasteiger partial charge >= 0.3 is 0 Å². The predicted molar refractivity (Wildman–Crippen MR) is 79.6 cm³/mol. The molecule has 0 spiro atoms. The molecule has 106 valence electrons. The molecule has 1 aliphatic heterocycles. The quantitative estimate of drug-likeness (QED) is 0.916. The van der Waals surface area contributed by atoms with Crippen molar-refractivity contribution in [3.63, 3.8) is 0 Å². The van der Waals surface area contributed by atoms with Gasteiger partial charge in [-0.2, -0.15) is 0 Å². The number of pyridine rings is 1. The smallest absolute Gasteiger partial charge is 0.128 e. The molecule has 1 saturated heterocycles. The van der Waals surface area contributed by atoms with Gasteiger partial charge in [0.1, 0.15) is 5.82 Å². The molecular formula is C15H23ClN2O. The third kappa shape index (κ3) is 3.03. The van der Waals surface area contributed by atoms with Crippen LogP contribution in [0.4, 0.5) is 5.82 Å². The summed E-state index contributed by atoms with van der Waals surface area (Å²) in [5.41, 5.74) is 1.28. The van der Waals surface area contributed by atoms with Crippen molar-refractivity contribution in [2.45, 2.75) is 46.1 Å². The van der Waals surface area contributed by atoms with Gasteiger partial charge in [-0.1, -0.05) is 38.3 Å². The van der Waals surface area contributed by atoms with E-state index < -0.39 is 0 Å². The number of aliphatic hydroxyl groups is 1. The fourth-order valence-electron chi connectivity index (χ4n) is 2.93. The number of rotatable bonds is 4. The van der Waals surface area contributed by atoms with E-state index in [4.69, 9.17) is 11.6 Å². The topological polar surface area (TPSA) is 36.4 Å². The number of halogens is 1. The Balaban J connectivity index is 2.09. The van der Waals surface area contributed by atoms with E-state index in [2.05, 4.69) is 23.7 Å². The van der Waals surface area contributed by atoms with E-state index in [1.165, 1.54) is 25.7 Å². The molecule has 1 aromatic rings. The van der Waals surface area contributed by atoms with E-state index in [1.807, 2.05) is 6.07 Å². The molecule has 0 saturated carbocycles. The number of nitrogens with zero attached hydrogens (tertiary/aromatic N) is 2. The van der Waals surface area contributed by atoms with Crippen molar-refractivity contribution in [2.75, 3.05) is 18.0 Å². The van der Waals surface area contributed by atoms with E-state index in [9.17, 15) is 5.11 Å². The molecule has 0 radical (unpaired) electrons. The predicted octanol–water partition coefficient (Wildman–Crippen LogP) is 3.63. The monoisotopic (exact) mass is 282 g/mol. The van der Waals surface area contributed by atoms with Gasteiger partial charge in [0.05, 0.1) is 11.6 Å². The number of aliphatic hydroxyl groups excluding tert-OH is 1. The van der Waals surface area contributed by atoms with Crippen molar-refractivity contribution >= 4 is 17.4 Å². The van der Waals surface area contributed by atoms with Crippen LogP contribution in [0.5, 0.6) is 0 Å². The van der Waals surface area contributed by atoms with Crippen molar-refractivity contribution in [1.82, 2.24) is 4.98 Å². The van der Waals surface area contributed by atoms with Crippen LogP contribution in [0.15, 0.2) is 12.3 Å². The Labute approximate surface area is 120 Å². The van der Waals surface area contributed by atoms with Gasteiger partial charge in [0.2, 0.25) is 0 Å². The largest absolute Gasteiger partial charge is 0.392 e. The molecule has 0 amide bonds. The molecule has 4 heteroatoms. The van der Waals surface area contributed by atoms with Gasteiger partial charge in [-0.3, -0.25) is 0 Å². The van der Waals surface area contributed by atoms with Crippen LogP contribution in [0.2, 0.25) is 5.02 Å². The third-order valence-electron chi connectivity index (χ3n) is 4.74. The van der Waals surface area contributed by atoms with Crippen LogP contribution in [0.3, 0.4) is 0 Å². The van der Waals surface area contributed by atoms with E-state index >= 15 is 0 Å². The lowest BCUT2D eigenvalue weighted by molar-refractivity contribution is 0.199. The van der Waals surface area contributed by atoms with Crippen LogP contribution in [0.25, 0.3) is 0 Å². The second kappa shape index (κ2) is 6.10. The van der Waals surface area contributed by atoms with E-state index in [1.54, 1.807) is 6.20 Å². The van der Waals surface area contributed by atoms with Crippen LogP contribution in [0, 0.1) is 5.41 Å². The minimum absolute atomic E-state index is 0.0317. The fraction of sp³-hybridized carbons (Fsp3) is 0.667. The number of hydrogen-bond acceptors (Lipinski definition) is 3. The zero-order chi connectivity index (χ0) is 13.9. The van der Waals surface area contributed by atoms with Crippen LogP contribution in [0.1, 0.15) is 45.1 Å². The Bertz CT molecular complexity index is 422. The molecular weight excluding hydrogens is 260 g/mol. The van der Waals surface area contributed by atoms with Gasteiger partial charge in [-0.05, 0) is 24.3 Å². The Hall–Kier alpha value is -0.800. The summed E-state index contributed by atoms with van der Waals surface area (Å²) in [6.07, 6.45) is 6.60. The van der Waals surface area contributed by atoms with Crippen molar-refractivity contribution in [2.24, 2.45) is 5.41 Å². The van der Waals surface area contributed by atoms with E-state index in [0.717, 1.165) is 24.5 Å². The van der Waals surface area contributed by atoms with Crippen LogP contribution in [-0.4, -0.2) is 23.2 Å². The first-order valence-electron chi connectivity index (χ1n) is 7.14. The lowest BCUT2D eigenvalue weighted by Crippen LogP contribution is -2.40. The SMILES string of the molecule is CCC1(CC)CCN(c2cc(CO)c(Cl)cn2)CC1. The molecule has 1 fully saturated rings. The highest BCUT2D eigenvalue weighted by molar-refractivity contribution is 6.31. The summed E-state index contributed by atoms with van der Waals surface area (Å²) < 4.78 is 0. The molecule has 0 bridgehead atoms. The zero-order valence-corrected chi connectivity index (χ0v) is 12.6. The van der Waals surface area contributed by atoms with Gasteiger partial charge in [0.25, 0.3) is 0 Å². The Morgan fingerprint density at radius 2 is 1.95 bits per heavy atom. The van der Waals surface area contributed by atoms with Crippen molar-refractivity contribution < 1.29 is 5.11 Å². The number of aromatic nitrogens is 1. The van der Waals surface area contributed by atoms with Gasteiger partial charge < -0.3 is 10.0 Å². The van der Waals surface area contributed by atoms with Crippen LogP contribution in [-0.2, 0) is 6.61 Å². The highest BCUT2D eigenvalue weighted by Crippen LogP contribution is 2.39. The summed E-state index contributed by atoms with van der Waals surface area (Å²) in [5, 5.41) is 9.81. The first kappa shape index (κ1) is 14.6. The molecule has 0 aliphatic carbocycles. The third-order valence-corrected chi connectivity index (χ3v) is 5.08. The highest BCUT2D eigenvalue weighted by Gasteiger charge is 2.31. The Kier molecular flexibility index (Phi) is 4.69. The molecule has 2 heterocycles. The van der Waals surface area contributed by atoms with Crippen LogP contribution < -0.4 is 4.90 Å². The van der Waals surface area contributed by atoms with Gasteiger partial charge in [0, 0.05) is 24.8 Å². The maximum absolute atomic E-state index is 9.27. The Morgan fingerprint density at radius 3 is 2.47 bits per heavy atom. The maximum atomic E-state index is 9.27. The number of piperidine rings is 1. The lowest BCUT2D eigenvalue weighted by atomic mass is 9.74. The summed E-state index contributed by atoms with van der Waals surface area (Å²) >= 11 is 5.98. The van der Waals surface area contributed by atoms with E-state index in [-0.39, 0.29) is 6.61 Å². The molecule has 3 nitrogen and oxygen atoms in total. The van der Waals surface area contributed by atoms with Crippen molar-refractivity contribution in [3.8, 4) is 0 Å². The summed E-state index contributed by atoms with van der Waals surface area (Å²) in [6.45, 7) is 6.64. The average Bonchev–Trinajstić information content (AvgIpc) is 2.48. The molecule has 1 aromatic heterocycles. The van der Waals surface area contributed by atoms with Gasteiger partial charge in [-0.15, -0.1) is 0 Å². The minimum atomic E-state index is -0.0317. The molecule has 0 atom stereocenters. The summed E-state index contributed by atoms with van der Waals surface area (Å²) in [4.78, 5) is 6.70. The fourth-order valence-corrected chi connectivity index (χ4v) is 3.09. The standard InChI is InChI=1S/C15H23ClN2O/c1-3-15(4-2)5-7-18(8-6-15)14-9-12(11-19)13(16)10-17-14/h9-10,19H,3-8,11H2,1-2H3. The maximum Gasteiger partial charge on any atom is 0.128 e. The normalized spacial score (nSPS) is 18.6. The minimum Gasteiger partial charge on any atom is -0.392 e. The zero-order valence-electron chi connectivity index (χ0n) is 11.8. The molecule has 0 unspecified atom stereocenters. The second-order valence-electron chi connectivity index (χ2n) is 5.49. The first-order chi connectivity index (χ1) is 9.14. The van der Waals surface area contributed by atoms with Gasteiger partial charge in [-0.25, -0.2) is 4.98 Å². The van der Waals surface area contributed by atoms with Crippen molar-refractivity contribution in [3.05, 3.63) is 22.8 Å². The molecule has 19 heavy (non-hydrogen) atoms. The van der Waals surface area contributed by atoms with E-state index in [0.29, 0.717) is 10.4 Å². The number of anilines is 1. The summed E-state index contributed by atoms with van der Waals surface area (Å²) in [5.74, 6) is 0.939. The first-order valence-corrected chi connectivity index (χ1v) is 7.52. The van der Waals surface area contributed by atoms with Gasteiger partial charge in [0.15, 0.2) is 0 Å². The summed E-state index contributed by atoms with van der Waals surface area (Å²) in [6, 6.07) is 1.91. The highest BCUT2D eigenvalue weighted by atomic mass is 35.5. The molecule has 0 aromatic carbocycles. The molecule has 1 N–H and O–H groups in total. The lowest BCUT2D eigenvalue weighted by Gasteiger charge is -2.41. The summed E-state index contributed by atoms with van der Waals surface area (Å²) in [7, 11) is 0. The Morgan fingerprint density at radius 1 is 1.32 bits per heavy atom. The van der Waals surface area contributed by atoms with Crippen LogP contribution >= 0.6 is 11.6 Å².